The molecular weight excluding hydrogens is 497 g/mol. The van der Waals surface area contributed by atoms with E-state index in [1.807, 2.05) is 16.8 Å². The fraction of sp³-hybridized carbons (Fsp3) is 0.350. The summed E-state index contributed by atoms with van der Waals surface area (Å²) in [4.78, 5) is 31.7. The summed E-state index contributed by atoms with van der Waals surface area (Å²) in [6.45, 7) is 0.547. The van der Waals surface area contributed by atoms with Gasteiger partial charge < -0.3 is 5.32 Å². The number of nitrogens with zero attached hydrogens (tertiary/aromatic N) is 6. The normalized spacial score (nSPS) is 20.6. The van der Waals surface area contributed by atoms with E-state index in [4.69, 9.17) is 0 Å². The van der Waals surface area contributed by atoms with Gasteiger partial charge in [-0.05, 0) is 47.1 Å². The van der Waals surface area contributed by atoms with Gasteiger partial charge in [0.2, 0.25) is 5.82 Å². The Morgan fingerprint density at radius 1 is 1.23 bits per heavy atom. The summed E-state index contributed by atoms with van der Waals surface area (Å²) in [5.41, 5.74) is 1.18. The third-order valence-electron chi connectivity index (χ3n) is 5.71. The predicted octanol–water partition coefficient (Wildman–Crippen LogP) is 1.78. The van der Waals surface area contributed by atoms with Crippen molar-refractivity contribution in [1.82, 2.24) is 29.9 Å². The number of fused-ring (bicyclic) bond motifs is 2. The quantitative estimate of drug-likeness (QED) is 0.535. The molecule has 0 saturated heterocycles. The van der Waals surface area contributed by atoms with Gasteiger partial charge in [-0.15, -0.1) is 5.10 Å². The van der Waals surface area contributed by atoms with Crippen molar-refractivity contribution >= 4 is 40.2 Å². The Balaban J connectivity index is 1.35. The number of nitrogens with one attached hydrogen (secondary N) is 1. The molecule has 4 heterocycles. The van der Waals surface area contributed by atoms with Gasteiger partial charge >= 0.3 is 0 Å². The SMILES string of the molecule is CN1C(=O)[C@@H](NC(=O)c2nc3n(n2)[C@H](c2ccccc2I)CC3)CCn2nccc21. The van der Waals surface area contributed by atoms with Crippen LogP contribution in [0.1, 0.15) is 40.9 Å². The molecule has 0 radical (unpaired) electrons. The highest BCUT2D eigenvalue weighted by atomic mass is 127. The number of halogens is 1. The van der Waals surface area contributed by atoms with Crippen molar-refractivity contribution in [1.29, 1.82) is 0 Å². The molecule has 1 N–H and O–H groups in total. The zero-order valence-electron chi connectivity index (χ0n) is 16.3. The first-order valence-corrected chi connectivity index (χ1v) is 10.9. The Bertz CT molecular complexity index is 1140. The maximum atomic E-state index is 12.9. The van der Waals surface area contributed by atoms with E-state index in [0.29, 0.717) is 13.0 Å². The van der Waals surface area contributed by atoms with Crippen LogP contribution in [0, 0.1) is 3.57 Å². The van der Waals surface area contributed by atoms with E-state index in [9.17, 15) is 9.59 Å². The van der Waals surface area contributed by atoms with Crippen molar-refractivity contribution in [2.75, 3.05) is 11.9 Å². The molecule has 2 aromatic heterocycles. The number of hydrogen-bond donors (Lipinski definition) is 1. The largest absolute Gasteiger partial charge is 0.337 e. The lowest BCUT2D eigenvalue weighted by molar-refractivity contribution is -0.120. The highest BCUT2D eigenvalue weighted by molar-refractivity contribution is 14.1. The summed E-state index contributed by atoms with van der Waals surface area (Å²) in [5.74, 6) is 1.03. The summed E-state index contributed by atoms with van der Waals surface area (Å²) >= 11 is 2.32. The van der Waals surface area contributed by atoms with E-state index in [-0.39, 0.29) is 17.8 Å². The van der Waals surface area contributed by atoms with Gasteiger partial charge in [-0.1, -0.05) is 18.2 Å². The lowest BCUT2D eigenvalue weighted by atomic mass is 10.1. The molecule has 10 heteroatoms. The Morgan fingerprint density at radius 3 is 2.90 bits per heavy atom. The fourth-order valence-electron chi connectivity index (χ4n) is 4.15. The van der Waals surface area contributed by atoms with Gasteiger partial charge in [0, 0.05) is 29.6 Å². The maximum absolute atomic E-state index is 12.9. The van der Waals surface area contributed by atoms with Gasteiger partial charge in [-0.25, -0.2) is 14.3 Å². The lowest BCUT2D eigenvalue weighted by Gasteiger charge is -2.20. The molecule has 30 heavy (non-hydrogen) atoms. The molecule has 2 amide bonds. The van der Waals surface area contributed by atoms with Gasteiger partial charge in [0.1, 0.15) is 17.7 Å². The van der Waals surface area contributed by atoms with Crippen LogP contribution in [0.3, 0.4) is 0 Å². The summed E-state index contributed by atoms with van der Waals surface area (Å²) in [5, 5.41) is 11.6. The highest BCUT2D eigenvalue weighted by Crippen LogP contribution is 2.32. The first kappa shape index (κ1) is 19.2. The Hall–Kier alpha value is -2.76. The molecule has 5 rings (SSSR count). The van der Waals surface area contributed by atoms with E-state index >= 15 is 0 Å². The molecule has 154 valence electrons. The van der Waals surface area contributed by atoms with E-state index in [2.05, 4.69) is 55.2 Å². The molecule has 0 unspecified atom stereocenters. The second-order valence-electron chi connectivity index (χ2n) is 7.50. The van der Waals surface area contributed by atoms with Crippen molar-refractivity contribution in [3.63, 3.8) is 0 Å². The predicted molar refractivity (Wildman–Crippen MR) is 117 cm³/mol. The molecule has 1 aromatic carbocycles. The lowest BCUT2D eigenvalue weighted by Crippen LogP contribution is -2.47. The van der Waals surface area contributed by atoms with Gasteiger partial charge in [-0.3, -0.25) is 14.5 Å². The number of carbonyl (C=O) groups is 2. The zero-order chi connectivity index (χ0) is 20.8. The molecule has 9 nitrogen and oxygen atoms in total. The second-order valence-corrected chi connectivity index (χ2v) is 8.66. The molecule has 0 fully saturated rings. The second kappa shape index (κ2) is 7.49. The topological polar surface area (TPSA) is 97.9 Å². The molecule has 3 aromatic rings. The minimum atomic E-state index is -0.645. The number of anilines is 1. The van der Waals surface area contributed by atoms with Crippen molar-refractivity contribution in [2.24, 2.45) is 0 Å². The summed E-state index contributed by atoms with van der Waals surface area (Å²) in [6.07, 6.45) is 3.80. The minimum absolute atomic E-state index is 0.0739. The molecule has 0 spiro atoms. The molecule has 0 saturated carbocycles. The van der Waals surface area contributed by atoms with Crippen LogP contribution in [0.2, 0.25) is 0 Å². The average molecular weight is 517 g/mol. The summed E-state index contributed by atoms with van der Waals surface area (Å²) in [7, 11) is 1.69. The first-order valence-electron chi connectivity index (χ1n) is 9.83. The summed E-state index contributed by atoms with van der Waals surface area (Å²) in [6, 6.07) is 9.39. The maximum Gasteiger partial charge on any atom is 0.291 e. The first-order chi connectivity index (χ1) is 14.5. The van der Waals surface area contributed by atoms with Crippen molar-refractivity contribution < 1.29 is 9.59 Å². The van der Waals surface area contributed by atoms with Crippen LogP contribution in [-0.4, -0.2) is 49.4 Å². The van der Waals surface area contributed by atoms with E-state index in [1.165, 1.54) is 14.0 Å². The third-order valence-corrected chi connectivity index (χ3v) is 6.69. The van der Waals surface area contributed by atoms with Crippen LogP contribution in [0.15, 0.2) is 36.5 Å². The van der Waals surface area contributed by atoms with Gasteiger partial charge in [-0.2, -0.15) is 5.10 Å². The number of benzene rings is 1. The molecule has 2 atom stereocenters. The van der Waals surface area contributed by atoms with Crippen molar-refractivity contribution in [3.05, 3.63) is 57.3 Å². The number of amides is 2. The Labute approximate surface area is 186 Å². The van der Waals surface area contributed by atoms with Gasteiger partial charge in [0.15, 0.2) is 0 Å². The van der Waals surface area contributed by atoms with Crippen LogP contribution in [0.5, 0.6) is 0 Å². The number of carbonyl (C=O) groups excluding carboxylic acids is 2. The number of hydrogen-bond acceptors (Lipinski definition) is 5. The van der Waals surface area contributed by atoms with Crippen molar-refractivity contribution in [3.8, 4) is 0 Å². The van der Waals surface area contributed by atoms with Gasteiger partial charge in [0.25, 0.3) is 11.8 Å². The third kappa shape index (κ3) is 3.18. The molecule has 2 aliphatic rings. The zero-order valence-corrected chi connectivity index (χ0v) is 18.5. The van der Waals surface area contributed by atoms with Crippen LogP contribution < -0.4 is 10.2 Å². The van der Waals surface area contributed by atoms with Crippen LogP contribution in [-0.2, 0) is 17.8 Å². The number of likely N-dealkylation sites (N-methyl/N-ethyl adjacent to an activating group) is 1. The molecule has 0 aliphatic carbocycles. The Kier molecular flexibility index (Phi) is 4.80. The monoisotopic (exact) mass is 517 g/mol. The molecule has 2 aliphatic heterocycles. The molecular formula is C20H20IN7O2. The van der Waals surface area contributed by atoms with E-state index in [1.54, 1.807) is 24.0 Å². The minimum Gasteiger partial charge on any atom is -0.337 e. The number of aromatic nitrogens is 5. The number of aryl methyl sites for hydroxylation is 2. The average Bonchev–Trinajstić information content (AvgIpc) is 3.44. The summed E-state index contributed by atoms with van der Waals surface area (Å²) < 4.78 is 4.78. The van der Waals surface area contributed by atoms with Crippen molar-refractivity contribution in [2.45, 2.75) is 37.9 Å². The fourth-order valence-corrected chi connectivity index (χ4v) is 4.90. The van der Waals surface area contributed by atoms with Gasteiger partial charge in [0.05, 0.1) is 12.2 Å². The number of rotatable bonds is 3. The van der Waals surface area contributed by atoms with Crippen LogP contribution in [0.4, 0.5) is 5.82 Å². The Morgan fingerprint density at radius 2 is 2.07 bits per heavy atom. The standard InChI is InChI=1S/C20H20IN7O2/c1-26-17-8-10-22-27(17)11-9-14(20(26)30)23-19(29)18-24-16-7-6-15(28(16)25-18)12-4-2-3-5-13(12)21/h2-5,8,10,14-15H,6-7,9,11H2,1H3,(H,23,29)/t14-,15-/m0/s1. The molecule has 0 bridgehead atoms. The van der Waals surface area contributed by atoms with E-state index in [0.717, 1.165) is 24.5 Å². The van der Waals surface area contributed by atoms with Crippen LogP contribution >= 0.6 is 22.6 Å². The smallest absolute Gasteiger partial charge is 0.291 e. The van der Waals surface area contributed by atoms with E-state index < -0.39 is 11.9 Å². The van der Waals surface area contributed by atoms with Crippen LogP contribution in [0.25, 0.3) is 0 Å². The highest BCUT2D eigenvalue weighted by Gasteiger charge is 2.33.